The van der Waals surface area contributed by atoms with Gasteiger partial charge < -0.3 is 4.57 Å². The summed E-state index contributed by atoms with van der Waals surface area (Å²) in [6.45, 7) is 3.37. The van der Waals surface area contributed by atoms with Crippen molar-refractivity contribution in [3.05, 3.63) is 75.9 Å². The van der Waals surface area contributed by atoms with Crippen molar-refractivity contribution in [1.82, 2.24) is 19.1 Å². The summed E-state index contributed by atoms with van der Waals surface area (Å²) in [6, 6.07) is 12.2. The van der Waals surface area contributed by atoms with Gasteiger partial charge in [-0.2, -0.15) is 0 Å². The lowest BCUT2D eigenvalue weighted by Crippen LogP contribution is -2.21. The third-order valence-electron chi connectivity index (χ3n) is 4.17. The second-order valence-electron chi connectivity index (χ2n) is 5.82. The Bertz CT molecular complexity index is 1080. The highest BCUT2D eigenvalue weighted by atomic mass is 32.2. The minimum atomic E-state index is 0.0441. The van der Waals surface area contributed by atoms with Crippen LogP contribution in [0, 0.1) is 0 Å². The molecule has 1 aromatic carbocycles. The average molecular weight is 383 g/mol. The van der Waals surface area contributed by atoms with E-state index in [1.54, 1.807) is 16.3 Å². The predicted octanol–water partition coefficient (Wildman–Crippen LogP) is 4.02. The number of thioether (sulfide) groups is 1. The Kier molecular flexibility index (Phi) is 4.90. The van der Waals surface area contributed by atoms with E-state index < -0.39 is 0 Å². The molecule has 7 heteroatoms. The van der Waals surface area contributed by atoms with E-state index in [9.17, 15) is 4.79 Å². The Balaban J connectivity index is 1.58. The van der Waals surface area contributed by atoms with E-state index >= 15 is 0 Å². The minimum Gasteiger partial charge on any atom is -0.330 e. The van der Waals surface area contributed by atoms with E-state index in [0.29, 0.717) is 12.3 Å². The first kappa shape index (κ1) is 17.1. The largest absolute Gasteiger partial charge is 0.330 e. The lowest BCUT2D eigenvalue weighted by Gasteiger charge is -2.11. The number of benzene rings is 1. The van der Waals surface area contributed by atoms with Gasteiger partial charge in [0.15, 0.2) is 5.16 Å². The van der Waals surface area contributed by atoms with Crippen LogP contribution >= 0.6 is 23.1 Å². The molecule has 0 aliphatic carbocycles. The SMILES string of the molecule is CCn1c(SCc2nccn2Cc2ccccc2)nc2ccsc2c1=O. The van der Waals surface area contributed by atoms with Gasteiger partial charge in [0.05, 0.1) is 11.3 Å². The van der Waals surface area contributed by atoms with E-state index in [4.69, 9.17) is 0 Å². The molecule has 0 aliphatic heterocycles. The van der Waals surface area contributed by atoms with Crippen LogP contribution < -0.4 is 5.56 Å². The van der Waals surface area contributed by atoms with Gasteiger partial charge >= 0.3 is 0 Å². The number of hydrogen-bond acceptors (Lipinski definition) is 5. The summed E-state index contributed by atoms with van der Waals surface area (Å²) in [5.41, 5.74) is 2.06. The van der Waals surface area contributed by atoms with Crippen molar-refractivity contribution in [3.8, 4) is 0 Å². The summed E-state index contributed by atoms with van der Waals surface area (Å²) in [4.78, 5) is 21.8. The van der Waals surface area contributed by atoms with Crippen molar-refractivity contribution in [2.75, 3.05) is 0 Å². The van der Waals surface area contributed by atoms with Crippen molar-refractivity contribution in [1.29, 1.82) is 0 Å². The summed E-state index contributed by atoms with van der Waals surface area (Å²) in [7, 11) is 0. The zero-order chi connectivity index (χ0) is 17.9. The van der Waals surface area contributed by atoms with Gasteiger partial charge in [0.25, 0.3) is 5.56 Å². The molecule has 3 aromatic heterocycles. The van der Waals surface area contributed by atoms with Gasteiger partial charge in [-0.3, -0.25) is 9.36 Å². The third-order valence-corrected chi connectivity index (χ3v) is 6.04. The maximum absolute atomic E-state index is 12.6. The molecule has 0 spiro atoms. The number of rotatable bonds is 6. The molecule has 4 aromatic rings. The maximum atomic E-state index is 12.6. The van der Waals surface area contributed by atoms with Crippen LogP contribution in [0.2, 0.25) is 0 Å². The molecule has 0 amide bonds. The number of nitrogens with zero attached hydrogens (tertiary/aromatic N) is 4. The Labute approximate surface area is 159 Å². The fraction of sp³-hybridized carbons (Fsp3) is 0.211. The standard InChI is InChI=1S/C19H18N4OS2/c1-2-23-18(24)17-15(8-11-25-17)21-19(23)26-13-16-20-9-10-22(16)12-14-6-4-3-5-7-14/h3-11H,2,12-13H2,1H3. The molecule has 0 aliphatic rings. The van der Waals surface area contributed by atoms with Gasteiger partial charge in [0, 0.05) is 25.5 Å². The lowest BCUT2D eigenvalue weighted by molar-refractivity contribution is 0.635. The molecule has 0 fully saturated rings. The van der Waals surface area contributed by atoms with Crippen molar-refractivity contribution in [2.45, 2.75) is 30.9 Å². The fourth-order valence-corrected chi connectivity index (χ4v) is 4.65. The first-order valence-corrected chi connectivity index (χ1v) is 10.3. The summed E-state index contributed by atoms with van der Waals surface area (Å²) >= 11 is 3.01. The molecule has 0 saturated carbocycles. The van der Waals surface area contributed by atoms with Crippen LogP contribution in [0.25, 0.3) is 10.2 Å². The van der Waals surface area contributed by atoms with Crippen LogP contribution in [0.4, 0.5) is 0 Å². The number of hydrogen-bond donors (Lipinski definition) is 0. The molecule has 3 heterocycles. The Hall–Kier alpha value is -2.38. The van der Waals surface area contributed by atoms with E-state index in [0.717, 1.165) is 27.7 Å². The molecule has 0 saturated heterocycles. The molecule has 0 atom stereocenters. The molecule has 0 bridgehead atoms. The Morgan fingerprint density at radius 1 is 1.19 bits per heavy atom. The van der Waals surface area contributed by atoms with Crippen LogP contribution in [-0.2, 0) is 18.8 Å². The molecule has 4 rings (SSSR count). The second kappa shape index (κ2) is 7.47. The van der Waals surface area contributed by atoms with Crippen molar-refractivity contribution in [3.63, 3.8) is 0 Å². The van der Waals surface area contributed by atoms with E-state index in [1.807, 2.05) is 49.0 Å². The van der Waals surface area contributed by atoms with Crippen molar-refractivity contribution >= 4 is 33.3 Å². The zero-order valence-corrected chi connectivity index (χ0v) is 16.0. The molecular weight excluding hydrogens is 364 g/mol. The van der Waals surface area contributed by atoms with Gasteiger partial charge in [-0.05, 0) is 23.9 Å². The van der Waals surface area contributed by atoms with Gasteiger partial charge in [-0.25, -0.2) is 9.97 Å². The number of imidazole rings is 1. The molecule has 0 unspecified atom stereocenters. The Morgan fingerprint density at radius 2 is 2.04 bits per heavy atom. The van der Waals surface area contributed by atoms with Crippen molar-refractivity contribution < 1.29 is 0 Å². The van der Waals surface area contributed by atoms with Gasteiger partial charge in [0.2, 0.25) is 0 Å². The van der Waals surface area contributed by atoms with Crippen LogP contribution in [0.1, 0.15) is 18.3 Å². The molecule has 132 valence electrons. The molecule has 0 radical (unpaired) electrons. The fourth-order valence-electron chi connectivity index (χ4n) is 2.85. The maximum Gasteiger partial charge on any atom is 0.272 e. The summed E-state index contributed by atoms with van der Waals surface area (Å²) in [6.07, 6.45) is 3.81. The number of aromatic nitrogens is 4. The third kappa shape index (κ3) is 3.32. The van der Waals surface area contributed by atoms with Crippen LogP contribution in [0.3, 0.4) is 0 Å². The lowest BCUT2D eigenvalue weighted by atomic mass is 10.2. The van der Waals surface area contributed by atoms with Crippen LogP contribution in [0.15, 0.2) is 64.1 Å². The number of thiophene rings is 1. The molecule has 0 N–H and O–H groups in total. The topological polar surface area (TPSA) is 52.7 Å². The average Bonchev–Trinajstić information content (AvgIpc) is 3.30. The minimum absolute atomic E-state index is 0.0441. The molecule has 26 heavy (non-hydrogen) atoms. The Morgan fingerprint density at radius 3 is 2.85 bits per heavy atom. The van der Waals surface area contributed by atoms with Crippen molar-refractivity contribution in [2.24, 2.45) is 0 Å². The van der Waals surface area contributed by atoms with Gasteiger partial charge in [-0.1, -0.05) is 42.1 Å². The van der Waals surface area contributed by atoms with Gasteiger partial charge in [0.1, 0.15) is 10.5 Å². The quantitative estimate of drug-likeness (QED) is 0.373. The summed E-state index contributed by atoms with van der Waals surface area (Å²) in [5, 5.41) is 2.66. The van der Waals surface area contributed by atoms with Gasteiger partial charge in [-0.15, -0.1) is 11.3 Å². The van der Waals surface area contributed by atoms with Crippen LogP contribution in [-0.4, -0.2) is 19.1 Å². The highest BCUT2D eigenvalue weighted by Gasteiger charge is 2.13. The normalized spacial score (nSPS) is 11.3. The first-order chi connectivity index (χ1) is 12.8. The highest BCUT2D eigenvalue weighted by molar-refractivity contribution is 7.98. The van der Waals surface area contributed by atoms with E-state index in [2.05, 4.69) is 26.7 Å². The van der Waals surface area contributed by atoms with E-state index in [-0.39, 0.29) is 5.56 Å². The second-order valence-corrected chi connectivity index (χ2v) is 7.68. The smallest absolute Gasteiger partial charge is 0.272 e. The first-order valence-electron chi connectivity index (χ1n) is 8.41. The monoisotopic (exact) mass is 382 g/mol. The summed E-state index contributed by atoms with van der Waals surface area (Å²) < 4.78 is 4.61. The molecule has 5 nitrogen and oxygen atoms in total. The molecular formula is C19H18N4OS2. The zero-order valence-electron chi connectivity index (χ0n) is 14.3. The summed E-state index contributed by atoms with van der Waals surface area (Å²) in [5.74, 6) is 1.64. The van der Waals surface area contributed by atoms with Crippen LogP contribution in [0.5, 0.6) is 0 Å². The van der Waals surface area contributed by atoms with E-state index in [1.165, 1.54) is 16.9 Å². The number of fused-ring (bicyclic) bond motifs is 1. The highest BCUT2D eigenvalue weighted by Crippen LogP contribution is 2.23. The predicted molar refractivity (Wildman–Crippen MR) is 107 cm³/mol.